The van der Waals surface area contributed by atoms with Crippen LogP contribution in [0.4, 0.5) is 5.82 Å². The van der Waals surface area contributed by atoms with Gasteiger partial charge in [-0.2, -0.15) is 0 Å². The van der Waals surface area contributed by atoms with Gasteiger partial charge >= 0.3 is 0 Å². The van der Waals surface area contributed by atoms with Crippen molar-refractivity contribution >= 4 is 11.7 Å². The van der Waals surface area contributed by atoms with Crippen LogP contribution in [0.15, 0.2) is 12.1 Å². The van der Waals surface area contributed by atoms with E-state index in [1.165, 1.54) is 0 Å². The van der Waals surface area contributed by atoms with Gasteiger partial charge in [0.2, 0.25) is 0 Å². The Bertz CT molecular complexity index is 422. The molecule has 5 heteroatoms. The Labute approximate surface area is 121 Å². The number of ether oxygens (including phenoxy) is 1. The number of carbonyl (C=O) groups excluding carboxylic acids is 1. The summed E-state index contributed by atoms with van der Waals surface area (Å²) >= 11 is 0. The summed E-state index contributed by atoms with van der Waals surface area (Å²) in [7, 11) is 0. The first-order valence-electron chi connectivity index (χ1n) is 7.32. The van der Waals surface area contributed by atoms with Crippen molar-refractivity contribution in [3.05, 3.63) is 23.4 Å². The lowest BCUT2D eigenvalue weighted by molar-refractivity contribution is 0.0922. The van der Waals surface area contributed by atoms with Gasteiger partial charge < -0.3 is 15.4 Å². The molecular weight excluding hydrogens is 254 g/mol. The van der Waals surface area contributed by atoms with E-state index in [9.17, 15) is 4.79 Å². The zero-order valence-corrected chi connectivity index (χ0v) is 12.7. The number of rotatable bonds is 9. The highest BCUT2D eigenvalue weighted by atomic mass is 16.5. The van der Waals surface area contributed by atoms with Gasteiger partial charge in [-0.25, -0.2) is 4.98 Å². The van der Waals surface area contributed by atoms with Crippen LogP contribution < -0.4 is 10.6 Å². The van der Waals surface area contributed by atoms with Crippen molar-refractivity contribution in [2.24, 2.45) is 0 Å². The molecule has 0 saturated heterocycles. The maximum absolute atomic E-state index is 12.1. The van der Waals surface area contributed by atoms with E-state index in [1.807, 2.05) is 19.9 Å². The average Bonchev–Trinajstić information content (AvgIpc) is 2.48. The Morgan fingerprint density at radius 2 is 2.05 bits per heavy atom. The SMILES string of the molecule is CCCNc1cc(C(=O)NCCOCC)cc(CC)n1. The number of carbonyl (C=O) groups is 1. The number of hydrogen-bond acceptors (Lipinski definition) is 4. The molecule has 0 unspecified atom stereocenters. The summed E-state index contributed by atoms with van der Waals surface area (Å²) in [5.41, 5.74) is 1.56. The number of anilines is 1. The topological polar surface area (TPSA) is 63.2 Å². The molecule has 1 amide bonds. The molecule has 0 aliphatic rings. The Morgan fingerprint density at radius 3 is 2.70 bits per heavy atom. The van der Waals surface area contributed by atoms with Crippen molar-refractivity contribution in [1.29, 1.82) is 0 Å². The van der Waals surface area contributed by atoms with Crippen molar-refractivity contribution in [2.45, 2.75) is 33.6 Å². The zero-order chi connectivity index (χ0) is 14.8. The number of hydrogen-bond donors (Lipinski definition) is 2. The third kappa shape index (κ3) is 5.57. The van der Waals surface area contributed by atoms with Crippen LogP contribution in [0.2, 0.25) is 0 Å². The molecule has 1 aromatic rings. The molecule has 20 heavy (non-hydrogen) atoms. The smallest absolute Gasteiger partial charge is 0.251 e. The van der Waals surface area contributed by atoms with E-state index in [1.54, 1.807) is 6.07 Å². The van der Waals surface area contributed by atoms with E-state index in [0.29, 0.717) is 25.3 Å². The first-order valence-corrected chi connectivity index (χ1v) is 7.32. The predicted molar refractivity (Wildman–Crippen MR) is 81.2 cm³/mol. The minimum Gasteiger partial charge on any atom is -0.380 e. The van der Waals surface area contributed by atoms with Gasteiger partial charge in [-0.05, 0) is 31.9 Å². The van der Waals surface area contributed by atoms with E-state index >= 15 is 0 Å². The third-order valence-corrected chi connectivity index (χ3v) is 2.80. The van der Waals surface area contributed by atoms with Crippen LogP contribution in [0.1, 0.15) is 43.2 Å². The minimum absolute atomic E-state index is 0.0821. The molecule has 0 saturated carbocycles. The van der Waals surface area contributed by atoms with Crippen LogP contribution in [0.25, 0.3) is 0 Å². The van der Waals surface area contributed by atoms with Gasteiger partial charge in [0, 0.05) is 31.0 Å². The second kappa shape index (κ2) is 9.31. The summed E-state index contributed by atoms with van der Waals surface area (Å²) in [5, 5.41) is 6.07. The lowest BCUT2D eigenvalue weighted by Gasteiger charge is -2.10. The largest absolute Gasteiger partial charge is 0.380 e. The molecule has 0 radical (unpaired) electrons. The maximum Gasteiger partial charge on any atom is 0.251 e. The van der Waals surface area contributed by atoms with Crippen LogP contribution in [0, 0.1) is 0 Å². The number of aryl methyl sites for hydroxylation is 1. The standard InChI is InChI=1S/C15H25N3O2/c1-4-7-16-14-11-12(10-13(5-2)18-14)15(19)17-8-9-20-6-3/h10-11H,4-9H2,1-3H3,(H,16,18)(H,17,19). The van der Waals surface area contributed by atoms with Gasteiger partial charge in [0.15, 0.2) is 0 Å². The molecule has 5 nitrogen and oxygen atoms in total. The first-order chi connectivity index (χ1) is 9.71. The molecule has 0 atom stereocenters. The van der Waals surface area contributed by atoms with Gasteiger partial charge in [0.05, 0.1) is 6.61 Å². The quantitative estimate of drug-likeness (QED) is 0.680. The molecule has 2 N–H and O–H groups in total. The molecule has 0 spiro atoms. The summed E-state index contributed by atoms with van der Waals surface area (Å²) in [4.78, 5) is 16.5. The zero-order valence-electron chi connectivity index (χ0n) is 12.7. The Kier molecular flexibility index (Phi) is 7.65. The fourth-order valence-corrected chi connectivity index (χ4v) is 1.73. The second-order valence-electron chi connectivity index (χ2n) is 4.47. The van der Waals surface area contributed by atoms with E-state index < -0.39 is 0 Å². The predicted octanol–water partition coefficient (Wildman–Crippen LogP) is 2.23. The number of aromatic nitrogens is 1. The number of amides is 1. The Hall–Kier alpha value is -1.62. The Balaban J connectivity index is 2.68. The monoisotopic (exact) mass is 279 g/mol. The van der Waals surface area contributed by atoms with Gasteiger partial charge in [-0.15, -0.1) is 0 Å². The highest BCUT2D eigenvalue weighted by Gasteiger charge is 2.09. The van der Waals surface area contributed by atoms with E-state index in [0.717, 1.165) is 30.9 Å². The second-order valence-corrected chi connectivity index (χ2v) is 4.47. The molecule has 0 aliphatic carbocycles. The van der Waals surface area contributed by atoms with Gasteiger partial charge in [-0.1, -0.05) is 13.8 Å². The summed E-state index contributed by atoms with van der Waals surface area (Å²) < 4.78 is 5.20. The molecule has 1 aromatic heterocycles. The summed E-state index contributed by atoms with van der Waals surface area (Å²) in [5.74, 6) is 0.683. The third-order valence-electron chi connectivity index (χ3n) is 2.80. The van der Waals surface area contributed by atoms with Gasteiger partial charge in [0.25, 0.3) is 5.91 Å². The van der Waals surface area contributed by atoms with E-state index in [2.05, 4.69) is 22.5 Å². The highest BCUT2D eigenvalue weighted by molar-refractivity contribution is 5.95. The number of pyridine rings is 1. The summed E-state index contributed by atoms with van der Waals surface area (Å²) in [6.45, 7) is 8.63. The normalized spacial score (nSPS) is 10.3. The molecule has 1 heterocycles. The molecule has 0 aromatic carbocycles. The van der Waals surface area contributed by atoms with Crippen molar-refractivity contribution in [3.8, 4) is 0 Å². The molecule has 0 bridgehead atoms. The average molecular weight is 279 g/mol. The van der Waals surface area contributed by atoms with Crippen molar-refractivity contribution in [1.82, 2.24) is 10.3 Å². The lowest BCUT2D eigenvalue weighted by atomic mass is 10.2. The maximum atomic E-state index is 12.1. The summed E-state index contributed by atoms with van der Waals surface area (Å²) in [6, 6.07) is 3.64. The summed E-state index contributed by atoms with van der Waals surface area (Å²) in [6.07, 6.45) is 1.83. The van der Waals surface area contributed by atoms with Gasteiger partial charge in [-0.3, -0.25) is 4.79 Å². The molecular formula is C15H25N3O2. The van der Waals surface area contributed by atoms with Crippen molar-refractivity contribution < 1.29 is 9.53 Å². The van der Waals surface area contributed by atoms with E-state index in [-0.39, 0.29) is 5.91 Å². The number of nitrogens with zero attached hydrogens (tertiary/aromatic N) is 1. The molecule has 112 valence electrons. The van der Waals surface area contributed by atoms with Crippen LogP contribution >= 0.6 is 0 Å². The van der Waals surface area contributed by atoms with Crippen molar-refractivity contribution in [3.63, 3.8) is 0 Å². The van der Waals surface area contributed by atoms with Crippen LogP contribution in [0.5, 0.6) is 0 Å². The van der Waals surface area contributed by atoms with Crippen LogP contribution in [-0.4, -0.2) is 37.2 Å². The van der Waals surface area contributed by atoms with Crippen molar-refractivity contribution in [2.75, 3.05) is 31.6 Å². The lowest BCUT2D eigenvalue weighted by Crippen LogP contribution is -2.27. The Morgan fingerprint density at radius 1 is 1.25 bits per heavy atom. The van der Waals surface area contributed by atoms with Crippen LogP contribution in [-0.2, 0) is 11.2 Å². The fourth-order valence-electron chi connectivity index (χ4n) is 1.73. The van der Waals surface area contributed by atoms with Crippen LogP contribution in [0.3, 0.4) is 0 Å². The number of nitrogens with one attached hydrogen (secondary N) is 2. The minimum atomic E-state index is -0.0821. The van der Waals surface area contributed by atoms with Gasteiger partial charge in [0.1, 0.15) is 5.82 Å². The molecule has 0 aliphatic heterocycles. The molecule has 0 fully saturated rings. The fraction of sp³-hybridized carbons (Fsp3) is 0.600. The van der Waals surface area contributed by atoms with E-state index in [4.69, 9.17) is 4.74 Å². The molecule has 1 rings (SSSR count). The first kappa shape index (κ1) is 16.4. The highest BCUT2D eigenvalue weighted by Crippen LogP contribution is 2.11.